The van der Waals surface area contributed by atoms with Crippen molar-refractivity contribution in [1.29, 1.82) is 0 Å². The number of nitro benzene ring substituents is 1. The number of nitrogens with zero attached hydrogens (tertiary/aromatic N) is 2. The van der Waals surface area contributed by atoms with Gasteiger partial charge in [0.2, 0.25) is 0 Å². The van der Waals surface area contributed by atoms with Gasteiger partial charge in [0.05, 0.1) is 17.7 Å². The molecule has 0 bridgehead atoms. The number of hydrogen-bond acceptors (Lipinski definition) is 5. The molecule has 5 nitrogen and oxygen atoms in total. The van der Waals surface area contributed by atoms with Gasteiger partial charge in [0.1, 0.15) is 10.8 Å². The molecule has 2 aromatic carbocycles. The first-order valence-electron chi connectivity index (χ1n) is 6.94. The van der Waals surface area contributed by atoms with Crippen LogP contribution < -0.4 is 4.74 Å². The maximum absolute atomic E-state index is 11.1. The highest BCUT2D eigenvalue weighted by Crippen LogP contribution is 2.32. The van der Waals surface area contributed by atoms with Crippen molar-refractivity contribution in [3.63, 3.8) is 0 Å². The lowest BCUT2D eigenvalue weighted by Gasteiger charge is -2.01. The molecule has 0 aliphatic heterocycles. The third-order valence-corrected chi connectivity index (χ3v) is 4.43. The zero-order valence-electron chi connectivity index (χ0n) is 12.6. The molecule has 0 aliphatic carbocycles. The Kier molecular flexibility index (Phi) is 4.08. The van der Waals surface area contributed by atoms with Crippen molar-refractivity contribution in [1.82, 2.24) is 4.98 Å². The number of nitro groups is 1. The number of hydrogen-bond donors (Lipinski definition) is 0. The average molecular weight is 326 g/mol. The summed E-state index contributed by atoms with van der Waals surface area (Å²) in [7, 11) is 1.63. The minimum absolute atomic E-state index is 0.112. The molecule has 0 spiro atoms. The standard InChI is InChI=1S/C17H14N2O3S/c1-11-3-4-13(9-16(11)19(20)21)15-10-23-17(18-15)12-5-7-14(22-2)8-6-12/h3-10H,1-2H3. The van der Waals surface area contributed by atoms with E-state index in [2.05, 4.69) is 4.98 Å². The van der Waals surface area contributed by atoms with Crippen molar-refractivity contribution < 1.29 is 9.66 Å². The minimum Gasteiger partial charge on any atom is -0.497 e. The summed E-state index contributed by atoms with van der Waals surface area (Å²) in [5, 5.41) is 13.8. The van der Waals surface area contributed by atoms with Gasteiger partial charge in [-0.3, -0.25) is 10.1 Å². The second kappa shape index (κ2) is 6.18. The number of thiazole rings is 1. The van der Waals surface area contributed by atoms with Gasteiger partial charge in [0, 0.05) is 28.1 Å². The van der Waals surface area contributed by atoms with Crippen molar-refractivity contribution in [2.75, 3.05) is 7.11 Å². The second-order valence-corrected chi connectivity index (χ2v) is 5.88. The van der Waals surface area contributed by atoms with E-state index < -0.39 is 0 Å². The highest BCUT2D eigenvalue weighted by molar-refractivity contribution is 7.13. The summed E-state index contributed by atoms with van der Waals surface area (Å²) in [4.78, 5) is 15.3. The molecule has 116 valence electrons. The number of aromatic nitrogens is 1. The average Bonchev–Trinajstić information content (AvgIpc) is 3.05. The Bertz CT molecular complexity index is 857. The largest absolute Gasteiger partial charge is 0.497 e. The fourth-order valence-electron chi connectivity index (χ4n) is 2.24. The van der Waals surface area contributed by atoms with Crippen molar-refractivity contribution >= 4 is 17.0 Å². The first-order chi connectivity index (χ1) is 11.1. The van der Waals surface area contributed by atoms with Crippen LogP contribution in [0.25, 0.3) is 21.8 Å². The van der Waals surface area contributed by atoms with E-state index in [9.17, 15) is 10.1 Å². The fourth-order valence-corrected chi connectivity index (χ4v) is 3.07. The van der Waals surface area contributed by atoms with E-state index in [0.717, 1.165) is 27.6 Å². The van der Waals surface area contributed by atoms with Crippen LogP contribution in [0.4, 0.5) is 5.69 Å². The number of benzene rings is 2. The summed E-state index contributed by atoms with van der Waals surface area (Å²) in [5.74, 6) is 0.791. The Morgan fingerprint density at radius 3 is 2.48 bits per heavy atom. The van der Waals surface area contributed by atoms with Gasteiger partial charge < -0.3 is 4.74 Å². The van der Waals surface area contributed by atoms with Gasteiger partial charge in [0.25, 0.3) is 5.69 Å². The third kappa shape index (κ3) is 3.07. The Hall–Kier alpha value is -2.73. The van der Waals surface area contributed by atoms with Crippen molar-refractivity contribution in [3.05, 3.63) is 63.5 Å². The van der Waals surface area contributed by atoms with E-state index in [1.807, 2.05) is 35.7 Å². The summed E-state index contributed by atoms with van der Waals surface area (Å²) >= 11 is 1.51. The topological polar surface area (TPSA) is 65.3 Å². The Balaban J connectivity index is 1.95. The Morgan fingerprint density at radius 2 is 1.83 bits per heavy atom. The summed E-state index contributed by atoms with van der Waals surface area (Å²) in [6.45, 7) is 1.73. The normalized spacial score (nSPS) is 10.5. The van der Waals surface area contributed by atoms with Crippen LogP contribution >= 0.6 is 11.3 Å². The van der Waals surface area contributed by atoms with Gasteiger partial charge in [-0.25, -0.2) is 4.98 Å². The molecular weight excluding hydrogens is 312 g/mol. The molecule has 0 fully saturated rings. The zero-order chi connectivity index (χ0) is 16.4. The van der Waals surface area contributed by atoms with Gasteiger partial charge in [0.15, 0.2) is 0 Å². The predicted molar refractivity (Wildman–Crippen MR) is 90.9 cm³/mol. The van der Waals surface area contributed by atoms with Crippen molar-refractivity contribution in [2.24, 2.45) is 0 Å². The monoisotopic (exact) mass is 326 g/mol. The van der Waals surface area contributed by atoms with Crippen LogP contribution in [0.5, 0.6) is 5.75 Å². The lowest BCUT2D eigenvalue weighted by atomic mass is 10.1. The molecule has 0 amide bonds. The number of rotatable bonds is 4. The molecule has 0 atom stereocenters. The lowest BCUT2D eigenvalue weighted by Crippen LogP contribution is -1.92. The quantitative estimate of drug-likeness (QED) is 0.515. The highest BCUT2D eigenvalue weighted by atomic mass is 32.1. The van der Waals surface area contributed by atoms with Gasteiger partial charge in [-0.15, -0.1) is 11.3 Å². The van der Waals surface area contributed by atoms with E-state index in [1.54, 1.807) is 26.2 Å². The molecule has 0 radical (unpaired) electrons. The summed E-state index contributed by atoms with van der Waals surface area (Å²) in [6, 6.07) is 12.8. The summed E-state index contributed by atoms with van der Waals surface area (Å²) < 4.78 is 5.15. The van der Waals surface area contributed by atoms with Gasteiger partial charge in [-0.05, 0) is 31.2 Å². The molecule has 0 aliphatic rings. The molecule has 0 unspecified atom stereocenters. The lowest BCUT2D eigenvalue weighted by molar-refractivity contribution is -0.385. The molecule has 0 saturated heterocycles. The minimum atomic E-state index is -0.365. The van der Waals surface area contributed by atoms with Crippen LogP contribution in [0, 0.1) is 17.0 Å². The van der Waals surface area contributed by atoms with Gasteiger partial charge in [-0.1, -0.05) is 12.1 Å². The number of methoxy groups -OCH3 is 1. The van der Waals surface area contributed by atoms with Gasteiger partial charge >= 0.3 is 0 Å². The van der Waals surface area contributed by atoms with Crippen LogP contribution in [-0.2, 0) is 0 Å². The first-order valence-corrected chi connectivity index (χ1v) is 7.82. The van der Waals surface area contributed by atoms with Crippen LogP contribution in [-0.4, -0.2) is 17.0 Å². The molecular formula is C17H14N2O3S. The molecule has 0 N–H and O–H groups in total. The molecule has 3 aromatic rings. The summed E-state index contributed by atoms with van der Waals surface area (Å²) in [5.41, 5.74) is 3.23. The fraction of sp³-hybridized carbons (Fsp3) is 0.118. The predicted octanol–water partition coefficient (Wildman–Crippen LogP) is 4.70. The molecule has 6 heteroatoms. The molecule has 1 heterocycles. The number of ether oxygens (including phenoxy) is 1. The van der Waals surface area contributed by atoms with Crippen LogP contribution in [0.3, 0.4) is 0 Å². The van der Waals surface area contributed by atoms with Crippen molar-refractivity contribution in [3.8, 4) is 27.6 Å². The van der Waals surface area contributed by atoms with Gasteiger partial charge in [-0.2, -0.15) is 0 Å². The second-order valence-electron chi connectivity index (χ2n) is 5.02. The van der Waals surface area contributed by atoms with E-state index in [-0.39, 0.29) is 10.6 Å². The van der Waals surface area contributed by atoms with E-state index in [1.165, 1.54) is 11.3 Å². The SMILES string of the molecule is COc1ccc(-c2nc(-c3ccc(C)c([N+](=O)[O-])c3)cs2)cc1. The van der Waals surface area contributed by atoms with E-state index >= 15 is 0 Å². The molecule has 0 saturated carbocycles. The first kappa shape index (κ1) is 15.2. The summed E-state index contributed by atoms with van der Waals surface area (Å²) in [6.07, 6.45) is 0. The Labute approximate surface area is 137 Å². The smallest absolute Gasteiger partial charge is 0.272 e. The highest BCUT2D eigenvalue weighted by Gasteiger charge is 2.14. The van der Waals surface area contributed by atoms with E-state index in [0.29, 0.717) is 5.56 Å². The third-order valence-electron chi connectivity index (χ3n) is 3.54. The van der Waals surface area contributed by atoms with Crippen LogP contribution in [0.1, 0.15) is 5.56 Å². The van der Waals surface area contributed by atoms with E-state index in [4.69, 9.17) is 4.74 Å². The van der Waals surface area contributed by atoms with Crippen LogP contribution in [0.15, 0.2) is 47.8 Å². The van der Waals surface area contributed by atoms with Crippen LogP contribution in [0.2, 0.25) is 0 Å². The zero-order valence-corrected chi connectivity index (χ0v) is 13.5. The van der Waals surface area contributed by atoms with Crippen molar-refractivity contribution in [2.45, 2.75) is 6.92 Å². The molecule has 1 aromatic heterocycles. The molecule has 3 rings (SSSR count). The maximum Gasteiger partial charge on any atom is 0.272 e. The Morgan fingerprint density at radius 1 is 1.13 bits per heavy atom. The molecule has 23 heavy (non-hydrogen) atoms. The maximum atomic E-state index is 11.1. The number of aryl methyl sites for hydroxylation is 1.